The van der Waals surface area contributed by atoms with Crippen LogP contribution >= 0.6 is 0 Å². The number of carbonyl (C=O) groups excluding carboxylic acids is 1. The molecule has 1 unspecified atom stereocenters. The van der Waals surface area contributed by atoms with Gasteiger partial charge >= 0.3 is 6.18 Å². The molecule has 2 aromatic carbocycles. The molecule has 1 amide bonds. The monoisotopic (exact) mass is 428 g/mol. The highest BCUT2D eigenvalue weighted by molar-refractivity contribution is 6.05. The van der Waals surface area contributed by atoms with Crippen molar-refractivity contribution in [1.29, 1.82) is 0 Å². The molecule has 1 aliphatic heterocycles. The van der Waals surface area contributed by atoms with Crippen molar-refractivity contribution in [3.63, 3.8) is 0 Å². The van der Waals surface area contributed by atoms with Crippen molar-refractivity contribution >= 4 is 17.3 Å². The molecule has 8 heteroatoms. The van der Waals surface area contributed by atoms with Crippen molar-refractivity contribution in [2.75, 3.05) is 23.3 Å². The van der Waals surface area contributed by atoms with Crippen LogP contribution in [-0.4, -0.2) is 28.8 Å². The predicted molar refractivity (Wildman–Crippen MR) is 114 cm³/mol. The number of benzene rings is 2. The van der Waals surface area contributed by atoms with E-state index in [1.807, 2.05) is 24.3 Å². The lowest BCUT2D eigenvalue weighted by atomic mass is 10.2. The van der Waals surface area contributed by atoms with Crippen LogP contribution in [0.25, 0.3) is 5.69 Å². The van der Waals surface area contributed by atoms with Gasteiger partial charge in [-0.25, -0.2) is 4.68 Å². The number of halogens is 3. The Kier molecular flexibility index (Phi) is 5.47. The van der Waals surface area contributed by atoms with Gasteiger partial charge in [-0.2, -0.15) is 18.3 Å². The first kappa shape index (κ1) is 21.0. The van der Waals surface area contributed by atoms with Gasteiger partial charge in [0.1, 0.15) is 0 Å². The molecule has 1 aliphatic rings. The number of hydrogen-bond donors (Lipinski definition) is 1. The van der Waals surface area contributed by atoms with Gasteiger partial charge in [0.2, 0.25) is 0 Å². The van der Waals surface area contributed by atoms with Crippen LogP contribution in [0.3, 0.4) is 0 Å². The van der Waals surface area contributed by atoms with Crippen LogP contribution in [0.2, 0.25) is 0 Å². The summed E-state index contributed by atoms with van der Waals surface area (Å²) in [6.07, 6.45) is -1.91. The molecule has 0 spiro atoms. The molecule has 1 fully saturated rings. The molecule has 4 rings (SSSR count). The van der Waals surface area contributed by atoms with Gasteiger partial charge in [0, 0.05) is 24.5 Å². The summed E-state index contributed by atoms with van der Waals surface area (Å²) >= 11 is 0. The second kappa shape index (κ2) is 8.09. The highest BCUT2D eigenvalue weighted by Gasteiger charge is 2.30. The molecule has 1 aromatic heterocycles. The number of nitrogens with zero attached hydrogens (tertiary/aromatic N) is 3. The minimum absolute atomic E-state index is 0.246. The fraction of sp³-hybridized carbons (Fsp3) is 0.304. The van der Waals surface area contributed by atoms with E-state index in [4.69, 9.17) is 0 Å². The SMILES string of the molecule is Cc1c(C(=O)Nc2ccc(N3CCC(C)C3)cc2)cnn1-c1cccc(C(F)(F)F)c1. The Labute approximate surface area is 178 Å². The summed E-state index contributed by atoms with van der Waals surface area (Å²) in [6.45, 7) is 5.94. The first-order chi connectivity index (χ1) is 14.7. The van der Waals surface area contributed by atoms with Gasteiger partial charge in [-0.1, -0.05) is 13.0 Å². The van der Waals surface area contributed by atoms with Crippen LogP contribution in [0.1, 0.15) is 35.0 Å². The summed E-state index contributed by atoms with van der Waals surface area (Å²) in [5.74, 6) is 0.314. The van der Waals surface area contributed by atoms with Gasteiger partial charge in [0.05, 0.1) is 28.7 Å². The number of nitrogens with one attached hydrogen (secondary N) is 1. The van der Waals surface area contributed by atoms with Gasteiger partial charge in [0.15, 0.2) is 0 Å². The second-order valence-electron chi connectivity index (χ2n) is 7.94. The maximum atomic E-state index is 13.0. The van der Waals surface area contributed by atoms with E-state index < -0.39 is 11.7 Å². The molecular formula is C23H23F3N4O. The number of aromatic nitrogens is 2. The summed E-state index contributed by atoms with van der Waals surface area (Å²) in [7, 11) is 0. The average molecular weight is 428 g/mol. The van der Waals surface area contributed by atoms with Crippen LogP contribution in [0.5, 0.6) is 0 Å². The lowest BCUT2D eigenvalue weighted by Gasteiger charge is -2.18. The fourth-order valence-electron chi connectivity index (χ4n) is 3.83. The van der Waals surface area contributed by atoms with Crippen LogP contribution in [-0.2, 0) is 6.18 Å². The van der Waals surface area contributed by atoms with Crippen LogP contribution in [0.15, 0.2) is 54.7 Å². The minimum atomic E-state index is -4.45. The molecule has 1 N–H and O–H groups in total. The second-order valence-corrected chi connectivity index (χ2v) is 7.94. The van der Waals surface area contributed by atoms with E-state index in [2.05, 4.69) is 22.2 Å². The standard InChI is InChI=1S/C23H23F3N4O/c1-15-10-11-29(14-15)19-8-6-18(7-9-19)28-22(31)21-13-27-30(16(21)2)20-5-3-4-17(12-20)23(24,25)26/h3-9,12-13,15H,10-11,14H2,1-2H3,(H,28,31). The van der Waals surface area contributed by atoms with E-state index in [9.17, 15) is 18.0 Å². The Morgan fingerprint density at radius 2 is 1.87 bits per heavy atom. The molecule has 0 saturated carbocycles. The molecule has 162 valence electrons. The highest BCUT2D eigenvalue weighted by atomic mass is 19.4. The van der Waals surface area contributed by atoms with E-state index in [1.165, 1.54) is 29.4 Å². The Balaban J connectivity index is 1.50. The predicted octanol–water partition coefficient (Wildman–Crippen LogP) is 5.30. The molecule has 1 atom stereocenters. The van der Waals surface area contributed by atoms with Crippen molar-refractivity contribution < 1.29 is 18.0 Å². The fourth-order valence-corrected chi connectivity index (χ4v) is 3.83. The maximum Gasteiger partial charge on any atom is 0.416 e. The van der Waals surface area contributed by atoms with Gasteiger partial charge < -0.3 is 10.2 Å². The maximum absolute atomic E-state index is 13.0. The zero-order chi connectivity index (χ0) is 22.2. The Morgan fingerprint density at radius 1 is 1.13 bits per heavy atom. The number of rotatable bonds is 4. The molecule has 0 bridgehead atoms. The Hall–Kier alpha value is -3.29. The molecule has 0 radical (unpaired) electrons. The van der Waals surface area contributed by atoms with E-state index in [-0.39, 0.29) is 11.6 Å². The zero-order valence-corrected chi connectivity index (χ0v) is 17.3. The third kappa shape index (κ3) is 4.42. The molecule has 1 saturated heterocycles. The number of alkyl halides is 3. The van der Waals surface area contributed by atoms with Gasteiger partial charge in [0.25, 0.3) is 5.91 Å². The number of anilines is 2. The normalized spacial score (nSPS) is 16.5. The van der Waals surface area contributed by atoms with E-state index in [0.717, 1.165) is 30.9 Å². The van der Waals surface area contributed by atoms with Gasteiger partial charge in [-0.05, 0) is 61.7 Å². The van der Waals surface area contributed by atoms with Crippen LogP contribution in [0, 0.1) is 12.8 Å². The Bertz CT molecular complexity index is 1090. The summed E-state index contributed by atoms with van der Waals surface area (Å²) in [4.78, 5) is 15.1. The summed E-state index contributed by atoms with van der Waals surface area (Å²) in [6, 6.07) is 12.5. The lowest BCUT2D eigenvalue weighted by Crippen LogP contribution is -2.19. The van der Waals surface area contributed by atoms with Gasteiger partial charge in [-0.3, -0.25) is 4.79 Å². The first-order valence-corrected chi connectivity index (χ1v) is 10.1. The smallest absolute Gasteiger partial charge is 0.371 e. The van der Waals surface area contributed by atoms with E-state index >= 15 is 0 Å². The lowest BCUT2D eigenvalue weighted by molar-refractivity contribution is -0.137. The topological polar surface area (TPSA) is 50.2 Å². The molecule has 0 aliphatic carbocycles. The van der Waals surface area contributed by atoms with Crippen molar-refractivity contribution in [3.8, 4) is 5.69 Å². The molecule has 31 heavy (non-hydrogen) atoms. The first-order valence-electron chi connectivity index (χ1n) is 10.1. The molecule has 5 nitrogen and oxygen atoms in total. The van der Waals surface area contributed by atoms with Crippen molar-refractivity contribution in [1.82, 2.24) is 9.78 Å². The molecular weight excluding hydrogens is 405 g/mol. The van der Waals surface area contributed by atoms with Crippen molar-refractivity contribution in [2.45, 2.75) is 26.4 Å². The number of carbonyl (C=O) groups is 1. The van der Waals surface area contributed by atoms with E-state index in [0.29, 0.717) is 22.9 Å². The number of hydrogen-bond acceptors (Lipinski definition) is 3. The average Bonchev–Trinajstić information content (AvgIpc) is 3.34. The van der Waals surface area contributed by atoms with Crippen molar-refractivity contribution in [2.24, 2.45) is 5.92 Å². The molecule has 2 heterocycles. The third-order valence-corrected chi connectivity index (χ3v) is 5.59. The Morgan fingerprint density at radius 3 is 2.52 bits per heavy atom. The van der Waals surface area contributed by atoms with Gasteiger partial charge in [-0.15, -0.1) is 0 Å². The summed E-state index contributed by atoms with van der Waals surface area (Å²) in [5, 5.41) is 6.96. The zero-order valence-electron chi connectivity index (χ0n) is 17.3. The largest absolute Gasteiger partial charge is 0.416 e. The van der Waals surface area contributed by atoms with Crippen molar-refractivity contribution in [3.05, 3.63) is 71.5 Å². The minimum Gasteiger partial charge on any atom is -0.371 e. The quantitative estimate of drug-likeness (QED) is 0.614. The van der Waals surface area contributed by atoms with Crippen LogP contribution in [0.4, 0.5) is 24.5 Å². The van der Waals surface area contributed by atoms with Crippen LogP contribution < -0.4 is 10.2 Å². The van der Waals surface area contributed by atoms with E-state index in [1.54, 1.807) is 6.92 Å². The third-order valence-electron chi connectivity index (χ3n) is 5.59. The number of amides is 1. The summed E-state index contributed by atoms with van der Waals surface area (Å²) < 4.78 is 40.4. The molecule has 3 aromatic rings. The highest BCUT2D eigenvalue weighted by Crippen LogP contribution is 2.31. The summed E-state index contributed by atoms with van der Waals surface area (Å²) in [5.41, 5.74) is 2.01.